The molecule has 0 bridgehead atoms. The molecule has 1 saturated carbocycles. The van der Waals surface area contributed by atoms with E-state index >= 15 is 0 Å². The van der Waals surface area contributed by atoms with Crippen LogP contribution < -0.4 is 10.0 Å². The zero-order chi connectivity index (χ0) is 15.5. The van der Waals surface area contributed by atoms with Crippen molar-refractivity contribution in [2.24, 2.45) is 11.8 Å². The van der Waals surface area contributed by atoms with E-state index in [4.69, 9.17) is 0 Å². The third-order valence-corrected chi connectivity index (χ3v) is 5.95. The van der Waals surface area contributed by atoms with E-state index in [1.54, 1.807) is 10.9 Å². The first-order chi connectivity index (χ1) is 9.94. The van der Waals surface area contributed by atoms with Gasteiger partial charge < -0.3 is 5.32 Å². The van der Waals surface area contributed by atoms with Crippen molar-refractivity contribution in [3.05, 3.63) is 12.4 Å². The highest BCUT2D eigenvalue weighted by atomic mass is 32.2. The second-order valence-corrected chi connectivity index (χ2v) is 7.75. The minimum Gasteiger partial charge on any atom is -0.320 e. The number of aryl methyl sites for hydroxylation is 1. The van der Waals surface area contributed by atoms with E-state index in [1.165, 1.54) is 6.20 Å². The summed E-state index contributed by atoms with van der Waals surface area (Å²) in [4.78, 5) is 0.263. The van der Waals surface area contributed by atoms with Gasteiger partial charge in [0.05, 0.1) is 6.20 Å². The van der Waals surface area contributed by atoms with Gasteiger partial charge in [-0.25, -0.2) is 13.1 Å². The smallest absolute Gasteiger partial charge is 0.243 e. The van der Waals surface area contributed by atoms with Crippen molar-refractivity contribution in [1.82, 2.24) is 19.8 Å². The summed E-state index contributed by atoms with van der Waals surface area (Å²) in [5.74, 6) is 0.951. The quantitative estimate of drug-likeness (QED) is 0.742. The predicted molar refractivity (Wildman–Crippen MR) is 82.4 cm³/mol. The summed E-state index contributed by atoms with van der Waals surface area (Å²) in [6, 6.07) is 0.0395. The molecule has 3 unspecified atom stereocenters. The molecule has 3 atom stereocenters. The zero-order valence-electron chi connectivity index (χ0n) is 13.0. The number of nitrogens with one attached hydrogen (secondary N) is 2. The van der Waals surface area contributed by atoms with Gasteiger partial charge in [0, 0.05) is 18.8 Å². The average molecular weight is 314 g/mol. The molecular formula is C14H26N4O2S. The van der Waals surface area contributed by atoms with Crippen molar-refractivity contribution in [3.63, 3.8) is 0 Å². The maximum atomic E-state index is 12.4. The molecule has 120 valence electrons. The number of sulfonamides is 1. The van der Waals surface area contributed by atoms with Crippen molar-refractivity contribution in [3.8, 4) is 0 Å². The van der Waals surface area contributed by atoms with Crippen molar-refractivity contribution < 1.29 is 8.42 Å². The second kappa shape index (κ2) is 6.89. The topological polar surface area (TPSA) is 76.0 Å². The van der Waals surface area contributed by atoms with Gasteiger partial charge in [-0.3, -0.25) is 4.68 Å². The van der Waals surface area contributed by atoms with Crippen LogP contribution in [0.1, 0.15) is 33.1 Å². The molecular weight excluding hydrogens is 288 g/mol. The van der Waals surface area contributed by atoms with Crippen LogP contribution in [0.2, 0.25) is 0 Å². The Balaban J connectivity index is 1.99. The third kappa shape index (κ3) is 4.05. The van der Waals surface area contributed by atoms with Crippen LogP contribution in [-0.2, 0) is 16.6 Å². The molecule has 1 aliphatic rings. The minimum absolute atomic E-state index is 0.0395. The summed E-state index contributed by atoms with van der Waals surface area (Å²) in [6.07, 6.45) is 5.96. The van der Waals surface area contributed by atoms with Crippen LogP contribution in [0.15, 0.2) is 17.3 Å². The largest absolute Gasteiger partial charge is 0.320 e. The molecule has 7 heteroatoms. The van der Waals surface area contributed by atoms with E-state index in [0.717, 1.165) is 25.8 Å². The van der Waals surface area contributed by atoms with Gasteiger partial charge in [-0.05, 0) is 44.7 Å². The Morgan fingerprint density at radius 2 is 2.14 bits per heavy atom. The Morgan fingerprint density at radius 1 is 1.38 bits per heavy atom. The number of nitrogens with zero attached hydrogens (tertiary/aromatic N) is 2. The molecule has 0 aromatic carbocycles. The lowest BCUT2D eigenvalue weighted by atomic mass is 9.98. The fourth-order valence-electron chi connectivity index (χ4n) is 2.82. The maximum absolute atomic E-state index is 12.4. The van der Waals surface area contributed by atoms with Crippen LogP contribution >= 0.6 is 0 Å². The van der Waals surface area contributed by atoms with Crippen molar-refractivity contribution in [1.29, 1.82) is 0 Å². The van der Waals surface area contributed by atoms with E-state index in [1.807, 2.05) is 7.05 Å². The lowest BCUT2D eigenvalue weighted by Crippen LogP contribution is -2.37. The molecule has 2 rings (SSSR count). The van der Waals surface area contributed by atoms with Crippen molar-refractivity contribution in [2.75, 3.05) is 13.6 Å². The van der Waals surface area contributed by atoms with Gasteiger partial charge >= 0.3 is 0 Å². The Kier molecular flexibility index (Phi) is 5.40. The zero-order valence-corrected chi connectivity index (χ0v) is 13.9. The van der Waals surface area contributed by atoms with Crippen LogP contribution in [0.5, 0.6) is 0 Å². The van der Waals surface area contributed by atoms with E-state index in [9.17, 15) is 8.42 Å². The number of hydrogen-bond acceptors (Lipinski definition) is 4. The maximum Gasteiger partial charge on any atom is 0.243 e. The van der Waals surface area contributed by atoms with Crippen LogP contribution in [-0.4, -0.2) is 37.8 Å². The highest BCUT2D eigenvalue weighted by molar-refractivity contribution is 7.89. The first-order valence-electron chi connectivity index (χ1n) is 7.63. The molecule has 6 nitrogen and oxygen atoms in total. The predicted octanol–water partition coefficient (Wildman–Crippen LogP) is 1.21. The Bertz CT molecular complexity index is 555. The van der Waals surface area contributed by atoms with Gasteiger partial charge in [-0.1, -0.05) is 13.8 Å². The lowest BCUT2D eigenvalue weighted by Gasteiger charge is -2.19. The second-order valence-electron chi connectivity index (χ2n) is 6.04. The van der Waals surface area contributed by atoms with Crippen LogP contribution in [0.3, 0.4) is 0 Å². The summed E-state index contributed by atoms with van der Waals surface area (Å²) in [7, 11) is -1.56. The summed E-state index contributed by atoms with van der Waals surface area (Å²) in [5.41, 5.74) is 0. The molecule has 0 saturated heterocycles. The Hall–Kier alpha value is -0.920. The van der Waals surface area contributed by atoms with E-state index in [-0.39, 0.29) is 10.9 Å². The number of hydrogen-bond donors (Lipinski definition) is 2. The Labute approximate surface area is 127 Å². The van der Waals surface area contributed by atoms with Gasteiger partial charge in [0.25, 0.3) is 0 Å². The molecule has 0 amide bonds. The summed E-state index contributed by atoms with van der Waals surface area (Å²) in [6.45, 7) is 5.90. The standard InChI is InChI=1S/C14H26N4O2S/c1-11-5-6-14(12(11)2)17-21(19,20)13-9-16-18(10-13)8-4-7-15-3/h9-12,14-15,17H,4-8H2,1-3H3. The van der Waals surface area contributed by atoms with E-state index < -0.39 is 10.0 Å². The molecule has 1 aromatic heterocycles. The molecule has 1 aromatic rings. The summed E-state index contributed by atoms with van der Waals surface area (Å²) >= 11 is 0. The minimum atomic E-state index is -3.46. The highest BCUT2D eigenvalue weighted by Crippen LogP contribution is 2.32. The summed E-state index contributed by atoms with van der Waals surface area (Å²) in [5, 5.41) is 7.19. The van der Waals surface area contributed by atoms with Crippen LogP contribution in [0.4, 0.5) is 0 Å². The SMILES string of the molecule is CNCCCn1cc(S(=O)(=O)NC2CCC(C)C2C)cn1. The monoisotopic (exact) mass is 314 g/mol. The van der Waals surface area contributed by atoms with Gasteiger partial charge in [-0.2, -0.15) is 5.10 Å². The van der Waals surface area contributed by atoms with Gasteiger partial charge in [-0.15, -0.1) is 0 Å². The molecule has 0 radical (unpaired) electrons. The molecule has 1 fully saturated rings. The van der Waals surface area contributed by atoms with Gasteiger partial charge in [0.1, 0.15) is 4.90 Å². The summed E-state index contributed by atoms with van der Waals surface area (Å²) < 4.78 is 29.3. The van der Waals surface area contributed by atoms with Gasteiger partial charge in [0.15, 0.2) is 0 Å². The first kappa shape index (κ1) is 16.5. The van der Waals surface area contributed by atoms with Crippen molar-refractivity contribution >= 4 is 10.0 Å². The first-order valence-corrected chi connectivity index (χ1v) is 9.11. The molecule has 0 spiro atoms. The molecule has 0 aliphatic heterocycles. The molecule has 21 heavy (non-hydrogen) atoms. The highest BCUT2D eigenvalue weighted by Gasteiger charge is 2.33. The van der Waals surface area contributed by atoms with Gasteiger partial charge in [0.2, 0.25) is 10.0 Å². The third-order valence-electron chi connectivity index (χ3n) is 4.51. The normalized spacial score (nSPS) is 26.3. The fourth-order valence-corrected chi connectivity index (χ4v) is 4.14. The number of aromatic nitrogens is 2. The lowest BCUT2D eigenvalue weighted by molar-refractivity contribution is 0.402. The molecule has 1 heterocycles. The van der Waals surface area contributed by atoms with Crippen LogP contribution in [0.25, 0.3) is 0 Å². The molecule has 1 aliphatic carbocycles. The van der Waals surface area contributed by atoms with E-state index in [2.05, 4.69) is 29.0 Å². The molecule has 2 N–H and O–H groups in total. The van der Waals surface area contributed by atoms with Crippen LogP contribution in [0, 0.1) is 11.8 Å². The van der Waals surface area contributed by atoms with E-state index in [0.29, 0.717) is 18.4 Å². The average Bonchev–Trinajstić information content (AvgIpc) is 3.02. The fraction of sp³-hybridized carbons (Fsp3) is 0.786. The Morgan fingerprint density at radius 3 is 2.76 bits per heavy atom. The van der Waals surface area contributed by atoms with Crippen molar-refractivity contribution in [2.45, 2.75) is 50.6 Å². The number of rotatable bonds is 7.